The number of hydrogen-bond acceptors (Lipinski definition) is 6. The molecule has 4 aliphatic rings. The molecule has 0 bridgehead atoms. The van der Waals surface area contributed by atoms with Crippen LogP contribution in [0.3, 0.4) is 0 Å². The summed E-state index contributed by atoms with van der Waals surface area (Å²) in [6.07, 6.45) is -1.37. The van der Waals surface area contributed by atoms with E-state index in [9.17, 15) is 24.9 Å². The predicted octanol–water partition coefficient (Wildman–Crippen LogP) is 2.98. The smallest absolute Gasteiger partial charge is 0.338 e. The van der Waals surface area contributed by atoms with Crippen LogP contribution < -0.4 is 0 Å². The summed E-state index contributed by atoms with van der Waals surface area (Å²) in [5.74, 6) is -1.94. The highest BCUT2D eigenvalue weighted by molar-refractivity contribution is 5.96. The summed E-state index contributed by atoms with van der Waals surface area (Å²) >= 11 is 0. The van der Waals surface area contributed by atoms with Crippen molar-refractivity contribution in [1.29, 1.82) is 0 Å². The van der Waals surface area contributed by atoms with Gasteiger partial charge in [-0.05, 0) is 61.5 Å². The highest BCUT2D eigenvalue weighted by Gasteiger charge is 2.79. The van der Waals surface area contributed by atoms with Crippen LogP contribution in [0.2, 0.25) is 0 Å². The van der Waals surface area contributed by atoms with Crippen molar-refractivity contribution < 1.29 is 29.6 Å². The highest BCUT2D eigenvalue weighted by atomic mass is 16.5. The van der Waals surface area contributed by atoms with Gasteiger partial charge in [-0.2, -0.15) is 0 Å². The Morgan fingerprint density at radius 3 is 2.30 bits per heavy atom. The van der Waals surface area contributed by atoms with Crippen LogP contribution in [0, 0.1) is 39.9 Å². The number of esters is 1. The zero-order valence-electron chi connectivity index (χ0n) is 20.1. The Morgan fingerprint density at radius 2 is 1.67 bits per heavy atom. The largest absolute Gasteiger partial charge is 0.458 e. The highest BCUT2D eigenvalue weighted by Crippen LogP contribution is 2.73. The lowest BCUT2D eigenvalue weighted by atomic mass is 9.46. The van der Waals surface area contributed by atoms with Gasteiger partial charge >= 0.3 is 5.97 Å². The van der Waals surface area contributed by atoms with Crippen molar-refractivity contribution in [3.8, 4) is 0 Å². The molecule has 180 valence electrons. The summed E-state index contributed by atoms with van der Waals surface area (Å²) in [4.78, 5) is 27.0. The number of rotatable bonds is 2. The first-order valence-electron chi connectivity index (χ1n) is 12.2. The van der Waals surface area contributed by atoms with Gasteiger partial charge < -0.3 is 20.1 Å². The summed E-state index contributed by atoms with van der Waals surface area (Å²) in [5, 5.41) is 35.2. The van der Waals surface area contributed by atoms with E-state index < -0.39 is 52.4 Å². The Balaban J connectivity index is 1.54. The zero-order chi connectivity index (χ0) is 24.1. The molecule has 6 nitrogen and oxygen atoms in total. The third-order valence-corrected chi connectivity index (χ3v) is 10.4. The number of hydrogen-bond donors (Lipinski definition) is 3. The Bertz CT molecular complexity index is 990. The van der Waals surface area contributed by atoms with E-state index in [1.807, 2.05) is 19.9 Å². The molecule has 33 heavy (non-hydrogen) atoms. The van der Waals surface area contributed by atoms with Gasteiger partial charge in [0.15, 0.2) is 5.78 Å². The first-order chi connectivity index (χ1) is 15.3. The van der Waals surface area contributed by atoms with Crippen LogP contribution >= 0.6 is 0 Å². The number of ether oxygens (including phenoxy) is 1. The number of ketones is 1. The van der Waals surface area contributed by atoms with Gasteiger partial charge in [-0.15, -0.1) is 0 Å². The minimum Gasteiger partial charge on any atom is -0.458 e. The number of Topliss-reactive ketones (excluding diaryl/α,β-unsaturated/α-hetero) is 1. The van der Waals surface area contributed by atoms with Crippen molar-refractivity contribution in [2.45, 2.75) is 77.8 Å². The maximum Gasteiger partial charge on any atom is 0.338 e. The number of carbonyl (C=O) groups excluding carboxylic acids is 2. The average molecular weight is 457 g/mol. The number of carbonyl (C=O) groups is 2. The molecule has 0 aliphatic heterocycles. The van der Waals surface area contributed by atoms with E-state index in [4.69, 9.17) is 4.74 Å². The second-order valence-corrected chi connectivity index (χ2v) is 12.2. The van der Waals surface area contributed by atoms with Crippen molar-refractivity contribution in [2.24, 2.45) is 39.9 Å². The average Bonchev–Trinajstić information content (AvgIpc) is 3.26. The SMILES string of the molecule is C[C@H]1C[C@]2(O)C(=O)[C@@]3(C)[C@H](O)[C@@H]4[C@H](CC[C@@]3(C)[C@H](O)[C@H]2[C@H]1OC(=O)c1ccccc1)C4(C)C. The third kappa shape index (κ3) is 2.72. The molecule has 0 spiro atoms. The van der Waals surface area contributed by atoms with Crippen LogP contribution in [0.15, 0.2) is 30.3 Å². The third-order valence-electron chi connectivity index (χ3n) is 10.4. The Labute approximate surface area is 195 Å². The summed E-state index contributed by atoms with van der Waals surface area (Å²) < 4.78 is 5.87. The van der Waals surface area contributed by atoms with Gasteiger partial charge in [0.25, 0.3) is 0 Å². The van der Waals surface area contributed by atoms with Gasteiger partial charge in [0.05, 0.1) is 29.1 Å². The molecule has 0 radical (unpaired) electrons. The van der Waals surface area contributed by atoms with E-state index in [1.165, 1.54) is 0 Å². The Morgan fingerprint density at radius 1 is 1.03 bits per heavy atom. The first-order valence-corrected chi connectivity index (χ1v) is 12.2. The van der Waals surface area contributed by atoms with Crippen LogP contribution in [-0.4, -0.2) is 51.0 Å². The van der Waals surface area contributed by atoms with Crippen molar-refractivity contribution in [3.63, 3.8) is 0 Å². The summed E-state index contributed by atoms with van der Waals surface area (Å²) in [6, 6.07) is 8.61. The molecule has 4 fully saturated rings. The molecule has 0 heterocycles. The van der Waals surface area contributed by atoms with E-state index >= 15 is 0 Å². The second kappa shape index (κ2) is 6.89. The lowest BCUT2D eigenvalue weighted by Gasteiger charge is -2.59. The molecule has 1 aromatic carbocycles. The molecule has 4 aliphatic carbocycles. The van der Waals surface area contributed by atoms with Crippen molar-refractivity contribution in [1.82, 2.24) is 0 Å². The van der Waals surface area contributed by atoms with Crippen molar-refractivity contribution >= 4 is 11.8 Å². The summed E-state index contributed by atoms with van der Waals surface area (Å²) in [5.41, 5.74) is -3.76. The second-order valence-electron chi connectivity index (χ2n) is 12.2. The summed E-state index contributed by atoms with van der Waals surface area (Å²) in [6.45, 7) is 9.69. The topological polar surface area (TPSA) is 104 Å². The molecule has 5 rings (SSSR count). The minimum atomic E-state index is -1.85. The quantitative estimate of drug-likeness (QED) is 0.591. The standard InChI is InChI=1S/C27H36O6/c1-14-13-27(32)18(19(14)33-22(30)15-9-7-6-8-10-15)20(28)25(4)12-11-16-17(24(16,2)3)21(29)26(25,5)23(27)31/h6-10,14,16-21,28-29,32H,11-13H2,1-5H3/t14-,16-,17-,18+,19-,20+,21+,25-,26+,27+/m0/s1. The fraction of sp³-hybridized carbons (Fsp3) is 0.704. The monoisotopic (exact) mass is 456 g/mol. The number of aliphatic hydroxyl groups is 3. The molecule has 0 amide bonds. The molecular weight excluding hydrogens is 420 g/mol. The van der Waals surface area contributed by atoms with E-state index in [-0.39, 0.29) is 29.6 Å². The molecule has 10 atom stereocenters. The maximum absolute atomic E-state index is 14.2. The summed E-state index contributed by atoms with van der Waals surface area (Å²) in [7, 11) is 0. The predicted molar refractivity (Wildman–Crippen MR) is 121 cm³/mol. The fourth-order valence-corrected chi connectivity index (χ4v) is 8.08. The van der Waals surface area contributed by atoms with Crippen molar-refractivity contribution in [2.75, 3.05) is 0 Å². The van der Waals surface area contributed by atoms with Crippen LogP contribution in [0.4, 0.5) is 0 Å². The van der Waals surface area contributed by atoms with Crippen LogP contribution in [0.1, 0.15) is 64.2 Å². The van der Waals surface area contributed by atoms with E-state index in [2.05, 4.69) is 13.8 Å². The number of aliphatic hydroxyl groups excluding tert-OH is 2. The molecule has 3 N–H and O–H groups in total. The number of benzene rings is 1. The molecular formula is C27H36O6. The van der Waals surface area contributed by atoms with Crippen molar-refractivity contribution in [3.05, 3.63) is 35.9 Å². The minimum absolute atomic E-state index is 0.0360. The lowest BCUT2D eigenvalue weighted by Crippen LogP contribution is -2.72. The Hall–Kier alpha value is -1.76. The van der Waals surface area contributed by atoms with Gasteiger partial charge in [-0.3, -0.25) is 4.79 Å². The lowest BCUT2D eigenvalue weighted by molar-refractivity contribution is -0.229. The van der Waals surface area contributed by atoms with E-state index in [0.29, 0.717) is 12.0 Å². The molecule has 4 saturated carbocycles. The van der Waals surface area contributed by atoms with E-state index in [1.54, 1.807) is 31.2 Å². The maximum atomic E-state index is 14.2. The molecule has 0 saturated heterocycles. The van der Waals surface area contributed by atoms with E-state index in [0.717, 1.165) is 6.42 Å². The first kappa shape index (κ1) is 23.0. The van der Waals surface area contributed by atoms with Crippen LogP contribution in [-0.2, 0) is 9.53 Å². The molecule has 0 aromatic heterocycles. The van der Waals surface area contributed by atoms with Gasteiger partial charge in [0.1, 0.15) is 11.7 Å². The van der Waals surface area contributed by atoms with Gasteiger partial charge in [0, 0.05) is 5.41 Å². The van der Waals surface area contributed by atoms with Gasteiger partial charge in [-0.1, -0.05) is 45.9 Å². The van der Waals surface area contributed by atoms with Gasteiger partial charge in [-0.25, -0.2) is 4.79 Å². The molecule has 6 heteroatoms. The molecule has 1 aromatic rings. The van der Waals surface area contributed by atoms with Crippen LogP contribution in [0.5, 0.6) is 0 Å². The van der Waals surface area contributed by atoms with Gasteiger partial charge in [0.2, 0.25) is 0 Å². The Kier molecular flexibility index (Phi) is 4.81. The zero-order valence-corrected chi connectivity index (χ0v) is 20.1. The molecule has 0 unspecified atom stereocenters. The normalized spacial score (nSPS) is 49.9. The van der Waals surface area contributed by atoms with Crippen LogP contribution in [0.25, 0.3) is 0 Å². The fourth-order valence-electron chi connectivity index (χ4n) is 8.08. The number of fused-ring (bicyclic) bond motifs is 3.